The Morgan fingerprint density at radius 2 is 1.76 bits per heavy atom. The third kappa shape index (κ3) is 4.87. The molecule has 0 unspecified atom stereocenters. The fourth-order valence-corrected chi connectivity index (χ4v) is 4.89. The summed E-state index contributed by atoms with van der Waals surface area (Å²) in [6.07, 6.45) is 4.31. The molecule has 0 spiro atoms. The summed E-state index contributed by atoms with van der Waals surface area (Å²) in [5.74, 6) is -5.26. The van der Waals surface area contributed by atoms with Gasteiger partial charge in [0.05, 0.1) is 17.4 Å². The van der Waals surface area contributed by atoms with Crippen molar-refractivity contribution in [3.8, 4) is 5.69 Å². The number of nitrogens with one attached hydrogen (secondary N) is 2. The molecule has 0 bridgehead atoms. The van der Waals surface area contributed by atoms with Crippen LogP contribution in [0.2, 0.25) is 0 Å². The summed E-state index contributed by atoms with van der Waals surface area (Å²) in [6.45, 7) is 3.72. The van der Waals surface area contributed by atoms with Crippen molar-refractivity contribution < 1.29 is 22.4 Å². The fourth-order valence-electron chi connectivity index (χ4n) is 4.89. The Morgan fingerprint density at radius 1 is 1.05 bits per heavy atom. The van der Waals surface area contributed by atoms with E-state index in [1.807, 2.05) is 13.8 Å². The average Bonchev–Trinajstić information content (AvgIpc) is 3.42. The van der Waals surface area contributed by atoms with E-state index in [1.54, 1.807) is 36.5 Å². The van der Waals surface area contributed by atoms with Crippen LogP contribution in [0.1, 0.15) is 49.0 Å². The molecule has 0 radical (unpaired) electrons. The van der Waals surface area contributed by atoms with E-state index < -0.39 is 35.2 Å². The summed E-state index contributed by atoms with van der Waals surface area (Å²) < 4.78 is 57.5. The zero-order chi connectivity index (χ0) is 26.9. The number of benzene rings is 2. The van der Waals surface area contributed by atoms with Crippen LogP contribution in [0.4, 0.5) is 17.6 Å². The smallest absolute Gasteiger partial charge is 0.254 e. The molecule has 2 atom stereocenters. The molecule has 2 heterocycles. The van der Waals surface area contributed by atoms with Crippen molar-refractivity contribution in [2.45, 2.75) is 45.2 Å². The number of nitrogens with zero attached hydrogens (tertiary/aromatic N) is 3. The second-order valence-corrected chi connectivity index (χ2v) is 8.82. The average molecular weight is 514 g/mol. The van der Waals surface area contributed by atoms with Crippen molar-refractivity contribution in [1.82, 2.24) is 20.0 Å². The molecular weight excluding hydrogens is 486 g/mol. The highest BCUT2D eigenvalue weighted by Crippen LogP contribution is 2.34. The molecule has 6 nitrogen and oxygen atoms in total. The molecule has 194 valence electrons. The second-order valence-electron chi connectivity index (χ2n) is 8.82. The lowest BCUT2D eigenvalue weighted by atomic mass is 9.83. The first-order chi connectivity index (χ1) is 17.7. The number of rotatable bonds is 6. The van der Waals surface area contributed by atoms with Crippen LogP contribution in [0.5, 0.6) is 0 Å². The molecule has 0 aliphatic carbocycles. The molecule has 0 saturated carbocycles. The maximum absolute atomic E-state index is 14.5. The van der Waals surface area contributed by atoms with Gasteiger partial charge in [0, 0.05) is 47.9 Å². The number of amides is 1. The fraction of sp³-hybridized carbons (Fsp3) is 0.296. The normalized spacial score (nSPS) is 19.2. The van der Waals surface area contributed by atoms with E-state index in [4.69, 9.17) is 5.41 Å². The van der Waals surface area contributed by atoms with Crippen LogP contribution in [0, 0.1) is 28.7 Å². The van der Waals surface area contributed by atoms with Crippen molar-refractivity contribution in [2.24, 2.45) is 0 Å². The minimum atomic E-state index is -1.57. The van der Waals surface area contributed by atoms with Gasteiger partial charge in [0.1, 0.15) is 5.82 Å². The van der Waals surface area contributed by atoms with Gasteiger partial charge in [0.25, 0.3) is 5.91 Å². The molecule has 1 saturated heterocycles. The molecule has 37 heavy (non-hydrogen) atoms. The van der Waals surface area contributed by atoms with Crippen LogP contribution >= 0.6 is 0 Å². The zero-order valence-electron chi connectivity index (χ0n) is 20.7. The highest BCUT2D eigenvalue weighted by atomic mass is 19.2. The number of carbonyl (C=O) groups excluding carboxylic acids is 1. The SMILES string of the molecule is CC[C@H]1C/C(=C(/NC)c2cc(F)c(F)c(F)c2)C(=N)[C@@H](CC)N1C(=O)c1cc(F)cc(-n2cccn2)c1. The Kier molecular flexibility index (Phi) is 7.47. The number of hydrogen-bond donors (Lipinski definition) is 2. The third-order valence-corrected chi connectivity index (χ3v) is 6.64. The Morgan fingerprint density at radius 3 is 2.32 bits per heavy atom. The van der Waals surface area contributed by atoms with E-state index in [9.17, 15) is 22.4 Å². The van der Waals surface area contributed by atoms with E-state index in [2.05, 4.69) is 10.4 Å². The summed E-state index contributed by atoms with van der Waals surface area (Å²) >= 11 is 0. The first-order valence-electron chi connectivity index (χ1n) is 12.0. The van der Waals surface area contributed by atoms with Crippen LogP contribution in [0.15, 0.2) is 54.4 Å². The Balaban J connectivity index is 1.77. The van der Waals surface area contributed by atoms with E-state index in [0.29, 0.717) is 29.8 Å². The minimum Gasteiger partial charge on any atom is -0.387 e. The maximum atomic E-state index is 14.5. The summed E-state index contributed by atoms with van der Waals surface area (Å²) in [6, 6.07) is 6.39. The molecule has 10 heteroatoms. The van der Waals surface area contributed by atoms with Gasteiger partial charge in [0.15, 0.2) is 17.5 Å². The third-order valence-electron chi connectivity index (χ3n) is 6.64. The van der Waals surface area contributed by atoms with Crippen LogP contribution in [0.25, 0.3) is 11.4 Å². The second kappa shape index (κ2) is 10.6. The van der Waals surface area contributed by atoms with Gasteiger partial charge in [-0.3, -0.25) is 4.79 Å². The summed E-state index contributed by atoms with van der Waals surface area (Å²) in [4.78, 5) is 15.4. The Bertz CT molecular complexity index is 1350. The first kappa shape index (κ1) is 26.1. The molecule has 1 aliphatic rings. The molecule has 1 aromatic heterocycles. The topological polar surface area (TPSA) is 74.0 Å². The van der Waals surface area contributed by atoms with Crippen molar-refractivity contribution in [3.63, 3.8) is 0 Å². The minimum absolute atomic E-state index is 0.0668. The highest BCUT2D eigenvalue weighted by Gasteiger charge is 2.40. The number of halogens is 4. The van der Waals surface area contributed by atoms with Gasteiger partial charge in [-0.05, 0) is 55.7 Å². The first-order valence-corrected chi connectivity index (χ1v) is 12.0. The predicted molar refractivity (Wildman–Crippen MR) is 132 cm³/mol. The number of aromatic nitrogens is 2. The van der Waals surface area contributed by atoms with E-state index in [-0.39, 0.29) is 29.3 Å². The van der Waals surface area contributed by atoms with Crippen molar-refractivity contribution in [3.05, 3.63) is 88.8 Å². The van der Waals surface area contributed by atoms with Gasteiger partial charge in [0.2, 0.25) is 0 Å². The standard InChI is InChI=1S/C27H27F4N5O/c1-4-18-14-20(26(33-3)15-11-21(29)24(31)22(30)12-15)25(32)23(5-2)36(18)27(37)16-9-17(28)13-19(10-16)35-8-6-7-34-35/h6-13,18,23,32-33H,4-5,14H2,1-3H3/b26-20-,32-25?/t18-,23+/m0/s1. The van der Waals surface area contributed by atoms with Gasteiger partial charge in [-0.15, -0.1) is 0 Å². The van der Waals surface area contributed by atoms with Gasteiger partial charge in [-0.2, -0.15) is 5.10 Å². The van der Waals surface area contributed by atoms with Crippen molar-refractivity contribution in [2.75, 3.05) is 7.05 Å². The Labute approximate surface area is 212 Å². The van der Waals surface area contributed by atoms with Gasteiger partial charge in [-0.1, -0.05) is 13.8 Å². The molecule has 1 aliphatic heterocycles. The lowest BCUT2D eigenvalue weighted by Gasteiger charge is -2.44. The summed E-state index contributed by atoms with van der Waals surface area (Å²) in [7, 11) is 1.55. The predicted octanol–water partition coefficient (Wildman–Crippen LogP) is 5.48. The van der Waals surface area contributed by atoms with Gasteiger partial charge >= 0.3 is 0 Å². The zero-order valence-corrected chi connectivity index (χ0v) is 20.7. The lowest BCUT2D eigenvalue weighted by molar-refractivity contribution is 0.0606. The molecule has 1 fully saturated rings. The van der Waals surface area contributed by atoms with Crippen LogP contribution in [0.3, 0.4) is 0 Å². The van der Waals surface area contributed by atoms with E-state index in [0.717, 1.165) is 18.2 Å². The number of hydrogen-bond acceptors (Lipinski definition) is 4. The van der Waals surface area contributed by atoms with Gasteiger partial charge < -0.3 is 15.6 Å². The molecule has 4 rings (SSSR count). The lowest BCUT2D eigenvalue weighted by Crippen LogP contribution is -2.55. The van der Waals surface area contributed by atoms with Crippen LogP contribution in [-0.2, 0) is 0 Å². The molecule has 2 N–H and O–H groups in total. The highest BCUT2D eigenvalue weighted by molar-refractivity contribution is 6.11. The van der Waals surface area contributed by atoms with Crippen molar-refractivity contribution in [1.29, 1.82) is 5.41 Å². The Hall–Kier alpha value is -3.95. The monoisotopic (exact) mass is 513 g/mol. The summed E-state index contributed by atoms with van der Waals surface area (Å²) in [5.41, 5.74) is 1.45. The largest absolute Gasteiger partial charge is 0.387 e. The molecular formula is C27H27F4N5O. The summed E-state index contributed by atoms with van der Waals surface area (Å²) in [5, 5.41) is 16.0. The van der Waals surface area contributed by atoms with Crippen LogP contribution < -0.4 is 5.32 Å². The molecule has 2 aromatic carbocycles. The van der Waals surface area contributed by atoms with Gasteiger partial charge in [-0.25, -0.2) is 22.2 Å². The number of carbonyl (C=O) groups is 1. The number of likely N-dealkylation sites (tertiary alicyclic amines) is 1. The van der Waals surface area contributed by atoms with Crippen LogP contribution in [-0.4, -0.2) is 45.4 Å². The van der Waals surface area contributed by atoms with E-state index in [1.165, 1.54) is 10.7 Å². The maximum Gasteiger partial charge on any atom is 0.254 e. The number of piperidine rings is 1. The quantitative estimate of drug-likeness (QED) is 0.339. The van der Waals surface area contributed by atoms with Crippen molar-refractivity contribution >= 4 is 17.3 Å². The molecule has 3 aromatic rings. The molecule has 1 amide bonds. The van der Waals surface area contributed by atoms with E-state index >= 15 is 0 Å².